The van der Waals surface area contributed by atoms with Crippen LogP contribution in [-0.2, 0) is 0 Å². The van der Waals surface area contributed by atoms with Crippen LogP contribution in [0.5, 0.6) is 0 Å². The van der Waals surface area contributed by atoms with Crippen molar-refractivity contribution < 1.29 is 4.79 Å². The van der Waals surface area contributed by atoms with E-state index in [2.05, 4.69) is 23.6 Å². The molecule has 106 valence electrons. The molecule has 1 heterocycles. The average molecular weight is 288 g/mol. The Morgan fingerprint density at radius 3 is 2.65 bits per heavy atom. The molecule has 0 fully saturated rings. The Hall–Kier alpha value is -1.81. The van der Waals surface area contributed by atoms with Crippen LogP contribution in [0.2, 0.25) is 0 Å². The molecule has 1 atom stereocenters. The van der Waals surface area contributed by atoms with Gasteiger partial charge in [0.25, 0.3) is 5.91 Å². The number of anilines is 1. The van der Waals surface area contributed by atoms with E-state index in [1.54, 1.807) is 11.3 Å². The van der Waals surface area contributed by atoms with Gasteiger partial charge in [0.2, 0.25) is 0 Å². The zero-order chi connectivity index (χ0) is 14.4. The van der Waals surface area contributed by atoms with Crippen LogP contribution in [0.3, 0.4) is 0 Å². The van der Waals surface area contributed by atoms with Crippen molar-refractivity contribution in [2.75, 3.05) is 11.9 Å². The predicted octanol–water partition coefficient (Wildman–Crippen LogP) is 4.06. The molecule has 2 N–H and O–H groups in total. The number of hydrogen-bond donors (Lipinski definition) is 2. The van der Waals surface area contributed by atoms with Gasteiger partial charge in [-0.25, -0.2) is 0 Å². The predicted molar refractivity (Wildman–Crippen MR) is 85.4 cm³/mol. The number of thiophene rings is 1. The fourth-order valence-corrected chi connectivity index (χ4v) is 2.99. The largest absolute Gasteiger partial charge is 0.385 e. The van der Waals surface area contributed by atoms with E-state index in [0.29, 0.717) is 5.56 Å². The topological polar surface area (TPSA) is 41.1 Å². The number of benzene rings is 1. The van der Waals surface area contributed by atoms with E-state index in [1.165, 1.54) is 4.88 Å². The minimum absolute atomic E-state index is 0.0261. The lowest BCUT2D eigenvalue weighted by molar-refractivity contribution is 0.0937. The molecule has 0 saturated heterocycles. The van der Waals surface area contributed by atoms with Crippen molar-refractivity contribution in [3.63, 3.8) is 0 Å². The van der Waals surface area contributed by atoms with E-state index in [9.17, 15) is 4.79 Å². The summed E-state index contributed by atoms with van der Waals surface area (Å²) in [5.41, 5.74) is 1.58. The lowest BCUT2D eigenvalue weighted by atomic mass is 10.1. The van der Waals surface area contributed by atoms with Gasteiger partial charge in [0.15, 0.2) is 0 Å². The summed E-state index contributed by atoms with van der Waals surface area (Å²) in [6, 6.07) is 11.8. The first-order valence-electron chi connectivity index (χ1n) is 6.93. The summed E-state index contributed by atoms with van der Waals surface area (Å²) >= 11 is 1.68. The summed E-state index contributed by atoms with van der Waals surface area (Å²) in [6.45, 7) is 4.91. The van der Waals surface area contributed by atoms with E-state index in [0.717, 1.165) is 18.7 Å². The van der Waals surface area contributed by atoms with Gasteiger partial charge >= 0.3 is 0 Å². The Morgan fingerprint density at radius 1 is 1.20 bits per heavy atom. The van der Waals surface area contributed by atoms with Gasteiger partial charge in [0.05, 0.1) is 11.6 Å². The van der Waals surface area contributed by atoms with Gasteiger partial charge < -0.3 is 10.6 Å². The molecule has 0 aliphatic heterocycles. The molecule has 1 amide bonds. The number of nitrogens with one attached hydrogen (secondary N) is 2. The van der Waals surface area contributed by atoms with Gasteiger partial charge in [-0.05, 0) is 36.9 Å². The summed E-state index contributed by atoms with van der Waals surface area (Å²) in [4.78, 5) is 13.7. The van der Waals surface area contributed by atoms with Crippen molar-refractivity contribution >= 4 is 22.9 Å². The fourth-order valence-electron chi connectivity index (χ4n) is 2.13. The Labute approximate surface area is 124 Å². The highest BCUT2D eigenvalue weighted by molar-refractivity contribution is 7.10. The maximum atomic E-state index is 12.5. The van der Waals surface area contributed by atoms with E-state index < -0.39 is 0 Å². The molecule has 0 radical (unpaired) electrons. The van der Waals surface area contributed by atoms with Crippen LogP contribution in [0, 0.1) is 0 Å². The molecular weight excluding hydrogens is 268 g/mol. The zero-order valence-electron chi connectivity index (χ0n) is 11.8. The van der Waals surface area contributed by atoms with Crippen molar-refractivity contribution in [3.8, 4) is 0 Å². The quantitative estimate of drug-likeness (QED) is 0.841. The van der Waals surface area contributed by atoms with Gasteiger partial charge in [-0.15, -0.1) is 11.3 Å². The molecular formula is C16H20N2OS. The second-order valence-corrected chi connectivity index (χ2v) is 5.50. The molecule has 1 aromatic heterocycles. The summed E-state index contributed by atoms with van der Waals surface area (Å²) < 4.78 is 0. The fraction of sp³-hybridized carbons (Fsp3) is 0.312. The van der Waals surface area contributed by atoms with Crippen molar-refractivity contribution in [2.45, 2.75) is 26.3 Å². The highest BCUT2D eigenvalue weighted by Gasteiger charge is 2.16. The van der Waals surface area contributed by atoms with Gasteiger partial charge in [0.1, 0.15) is 0 Å². The average Bonchev–Trinajstić information content (AvgIpc) is 2.99. The second kappa shape index (κ2) is 7.10. The summed E-state index contributed by atoms with van der Waals surface area (Å²) in [5.74, 6) is -0.0261. The molecule has 0 saturated carbocycles. The standard InChI is InChI=1S/C16H20N2OS/c1-3-13(15-10-7-11-20-15)18-16(19)12-8-5-6-9-14(12)17-4-2/h5-11,13,17H,3-4H2,1-2H3,(H,18,19). The normalized spacial score (nSPS) is 11.9. The Bertz CT molecular complexity index is 551. The van der Waals surface area contributed by atoms with Crippen molar-refractivity contribution in [1.82, 2.24) is 5.32 Å². The summed E-state index contributed by atoms with van der Waals surface area (Å²) in [5, 5.41) is 8.38. The lowest BCUT2D eigenvalue weighted by Crippen LogP contribution is -2.28. The van der Waals surface area contributed by atoms with Crippen LogP contribution in [0.4, 0.5) is 5.69 Å². The summed E-state index contributed by atoms with van der Waals surface area (Å²) in [7, 11) is 0. The molecule has 1 aromatic carbocycles. The molecule has 2 aromatic rings. The lowest BCUT2D eigenvalue weighted by Gasteiger charge is -2.17. The maximum absolute atomic E-state index is 12.5. The van der Waals surface area contributed by atoms with Crippen LogP contribution in [-0.4, -0.2) is 12.5 Å². The number of rotatable bonds is 6. The number of carbonyl (C=O) groups is 1. The highest BCUT2D eigenvalue weighted by Crippen LogP contribution is 2.23. The first-order valence-corrected chi connectivity index (χ1v) is 7.81. The van der Waals surface area contributed by atoms with Crippen LogP contribution >= 0.6 is 11.3 Å². The molecule has 0 aliphatic rings. The van der Waals surface area contributed by atoms with Crippen LogP contribution in [0.25, 0.3) is 0 Å². The van der Waals surface area contributed by atoms with Crippen LogP contribution in [0.15, 0.2) is 41.8 Å². The Kier molecular flexibility index (Phi) is 5.18. The molecule has 1 unspecified atom stereocenters. The summed E-state index contributed by atoms with van der Waals surface area (Å²) in [6.07, 6.45) is 0.885. The monoisotopic (exact) mass is 288 g/mol. The van der Waals surface area contributed by atoms with Crippen LogP contribution < -0.4 is 10.6 Å². The number of amides is 1. The minimum atomic E-state index is -0.0261. The highest BCUT2D eigenvalue weighted by atomic mass is 32.1. The third kappa shape index (κ3) is 3.39. The Balaban J connectivity index is 2.15. The van der Waals surface area contributed by atoms with E-state index in [-0.39, 0.29) is 11.9 Å². The van der Waals surface area contributed by atoms with E-state index >= 15 is 0 Å². The third-order valence-corrected chi connectivity index (χ3v) is 4.13. The first-order chi connectivity index (χ1) is 9.76. The SMILES string of the molecule is CCNc1ccccc1C(=O)NC(CC)c1cccs1. The zero-order valence-corrected chi connectivity index (χ0v) is 12.7. The molecule has 20 heavy (non-hydrogen) atoms. The maximum Gasteiger partial charge on any atom is 0.253 e. The smallest absolute Gasteiger partial charge is 0.253 e. The number of para-hydroxylation sites is 1. The molecule has 0 spiro atoms. The van der Waals surface area contributed by atoms with Gasteiger partial charge in [0, 0.05) is 17.1 Å². The van der Waals surface area contributed by atoms with E-state index in [1.807, 2.05) is 42.6 Å². The van der Waals surface area contributed by atoms with Crippen molar-refractivity contribution in [2.24, 2.45) is 0 Å². The molecule has 2 rings (SSSR count). The molecule has 4 heteroatoms. The molecule has 3 nitrogen and oxygen atoms in total. The van der Waals surface area contributed by atoms with Gasteiger partial charge in [-0.1, -0.05) is 25.1 Å². The second-order valence-electron chi connectivity index (χ2n) is 4.53. The van der Waals surface area contributed by atoms with Crippen molar-refractivity contribution in [3.05, 3.63) is 52.2 Å². The van der Waals surface area contributed by atoms with Crippen LogP contribution in [0.1, 0.15) is 41.5 Å². The third-order valence-electron chi connectivity index (χ3n) is 3.14. The number of hydrogen-bond acceptors (Lipinski definition) is 3. The number of carbonyl (C=O) groups excluding carboxylic acids is 1. The van der Waals surface area contributed by atoms with Gasteiger partial charge in [-0.3, -0.25) is 4.79 Å². The molecule has 0 aliphatic carbocycles. The van der Waals surface area contributed by atoms with Crippen molar-refractivity contribution in [1.29, 1.82) is 0 Å². The van der Waals surface area contributed by atoms with E-state index in [4.69, 9.17) is 0 Å². The Morgan fingerprint density at radius 2 is 2.00 bits per heavy atom. The minimum Gasteiger partial charge on any atom is -0.385 e. The van der Waals surface area contributed by atoms with Gasteiger partial charge in [-0.2, -0.15) is 0 Å². The first kappa shape index (κ1) is 14.6. The molecule has 0 bridgehead atoms.